The van der Waals surface area contributed by atoms with E-state index in [0.29, 0.717) is 6.10 Å². The Morgan fingerprint density at radius 2 is 0.442 bits per heavy atom. The molecule has 0 spiro atoms. The molecule has 1 unspecified atom stereocenters. The van der Waals surface area contributed by atoms with Crippen molar-refractivity contribution in [2.45, 2.75) is 263 Å². The average molecular weight is 605 g/mol. The van der Waals surface area contributed by atoms with Gasteiger partial charge in [-0.2, -0.15) is 0 Å². The second kappa shape index (κ2) is 36.4. The van der Waals surface area contributed by atoms with Crippen molar-refractivity contribution in [1.29, 1.82) is 0 Å². The van der Waals surface area contributed by atoms with E-state index in [2.05, 4.69) is 6.92 Å². The van der Waals surface area contributed by atoms with Crippen molar-refractivity contribution in [3.05, 3.63) is 0 Å². The molecule has 1 atom stereocenters. The molecular weight excluding hydrogens is 520 g/mol. The number of epoxide rings is 1. The minimum Gasteiger partial charge on any atom is -0.373 e. The highest BCUT2D eigenvalue weighted by Crippen LogP contribution is 2.19. The number of hydrogen-bond acceptors (Lipinski definition) is 1. The van der Waals surface area contributed by atoms with Crippen molar-refractivity contribution in [2.24, 2.45) is 0 Å². The summed E-state index contributed by atoms with van der Waals surface area (Å²) in [7, 11) is 0. The lowest BCUT2D eigenvalue weighted by Gasteiger charge is -2.05. The van der Waals surface area contributed by atoms with E-state index >= 15 is 0 Å². The normalized spacial score (nSPS) is 14.6. The van der Waals surface area contributed by atoms with Gasteiger partial charge in [0.2, 0.25) is 0 Å². The van der Waals surface area contributed by atoms with E-state index < -0.39 is 0 Å². The third kappa shape index (κ3) is 36.3. The molecule has 258 valence electrons. The summed E-state index contributed by atoms with van der Waals surface area (Å²) in [5.74, 6) is 0. The van der Waals surface area contributed by atoms with Gasteiger partial charge in [-0.25, -0.2) is 0 Å². The Bertz CT molecular complexity index is 483. The van der Waals surface area contributed by atoms with E-state index in [1.165, 1.54) is 250 Å². The topological polar surface area (TPSA) is 12.5 Å². The molecule has 43 heavy (non-hydrogen) atoms. The smallest absolute Gasteiger partial charge is 0.0810 e. The van der Waals surface area contributed by atoms with Gasteiger partial charge in [-0.15, -0.1) is 0 Å². The second-order valence-corrected chi connectivity index (χ2v) is 14.8. The van der Waals surface area contributed by atoms with Crippen LogP contribution in [0.1, 0.15) is 257 Å². The average Bonchev–Trinajstić information content (AvgIpc) is 3.85. The Hall–Kier alpha value is -0.0400. The fourth-order valence-corrected chi connectivity index (χ4v) is 7.04. The standard InChI is InChI=1S/C42H84O/c1-2-3-4-5-6-7-8-9-10-11-12-13-14-15-16-17-18-19-20-21-22-23-24-25-26-27-28-29-30-31-32-33-34-35-36-37-38-39-40-42-41-43-42/h42H,2-41H2,1H3. The van der Waals surface area contributed by atoms with Gasteiger partial charge in [0.25, 0.3) is 0 Å². The maximum absolute atomic E-state index is 5.28. The quantitative estimate of drug-likeness (QED) is 0.0502. The minimum absolute atomic E-state index is 0.646. The Kier molecular flexibility index (Phi) is 34.7. The molecule has 0 N–H and O–H groups in total. The summed E-state index contributed by atoms with van der Waals surface area (Å²) in [6.07, 6.45) is 58.2. The Morgan fingerprint density at radius 1 is 0.279 bits per heavy atom. The summed E-state index contributed by atoms with van der Waals surface area (Å²) < 4.78 is 5.28. The zero-order chi connectivity index (χ0) is 30.6. The molecule has 0 aliphatic carbocycles. The van der Waals surface area contributed by atoms with E-state index in [1.54, 1.807) is 0 Å². The first-order valence-corrected chi connectivity index (χ1v) is 21.0. The van der Waals surface area contributed by atoms with Gasteiger partial charge in [0.05, 0.1) is 12.7 Å². The van der Waals surface area contributed by atoms with Crippen LogP contribution in [-0.2, 0) is 4.74 Å². The van der Waals surface area contributed by atoms with E-state index in [0.717, 1.165) is 6.61 Å². The summed E-state index contributed by atoms with van der Waals surface area (Å²) in [6, 6.07) is 0. The predicted octanol–water partition coefficient (Wildman–Crippen LogP) is 15.6. The van der Waals surface area contributed by atoms with Crippen LogP contribution in [0.3, 0.4) is 0 Å². The summed E-state index contributed by atoms with van der Waals surface area (Å²) >= 11 is 0. The van der Waals surface area contributed by atoms with Crippen LogP contribution in [0.2, 0.25) is 0 Å². The largest absolute Gasteiger partial charge is 0.373 e. The Balaban J connectivity index is 1.58. The van der Waals surface area contributed by atoms with Crippen molar-refractivity contribution >= 4 is 0 Å². The van der Waals surface area contributed by atoms with Crippen LogP contribution in [0.5, 0.6) is 0 Å². The molecule has 0 bridgehead atoms. The molecule has 0 amide bonds. The summed E-state index contributed by atoms with van der Waals surface area (Å²) in [5.41, 5.74) is 0. The third-order valence-electron chi connectivity index (χ3n) is 10.3. The first-order chi connectivity index (χ1) is 21.4. The Labute approximate surface area is 274 Å². The molecule has 1 heterocycles. The first kappa shape index (κ1) is 41.0. The molecule has 0 aromatic heterocycles. The molecule has 1 fully saturated rings. The molecular formula is C42H84O. The number of hydrogen-bond donors (Lipinski definition) is 0. The Morgan fingerprint density at radius 3 is 0.605 bits per heavy atom. The SMILES string of the molecule is CCCCCCCCCCCCCCCCCCCCCCCCCCCCCCCCCCCCCCCCC1CO1. The number of ether oxygens (including phenoxy) is 1. The molecule has 1 heteroatoms. The molecule has 1 nitrogen and oxygen atoms in total. The van der Waals surface area contributed by atoms with Crippen molar-refractivity contribution in [3.63, 3.8) is 0 Å². The van der Waals surface area contributed by atoms with Crippen LogP contribution >= 0.6 is 0 Å². The van der Waals surface area contributed by atoms with Crippen molar-refractivity contribution in [1.82, 2.24) is 0 Å². The minimum atomic E-state index is 0.646. The highest BCUT2D eigenvalue weighted by atomic mass is 16.6. The molecule has 1 rings (SSSR count). The van der Waals surface area contributed by atoms with Crippen molar-refractivity contribution < 1.29 is 4.74 Å². The van der Waals surface area contributed by atoms with Crippen LogP contribution in [0.4, 0.5) is 0 Å². The molecule has 1 saturated heterocycles. The maximum Gasteiger partial charge on any atom is 0.0810 e. The van der Waals surface area contributed by atoms with Crippen molar-refractivity contribution in [2.75, 3.05) is 6.61 Å². The highest BCUT2D eigenvalue weighted by molar-refractivity contribution is 4.68. The van der Waals surface area contributed by atoms with Crippen molar-refractivity contribution in [3.8, 4) is 0 Å². The van der Waals surface area contributed by atoms with Gasteiger partial charge in [-0.1, -0.05) is 251 Å². The van der Waals surface area contributed by atoms with E-state index in [-0.39, 0.29) is 0 Å². The van der Waals surface area contributed by atoms with Gasteiger partial charge in [0.15, 0.2) is 0 Å². The van der Waals surface area contributed by atoms with Crippen LogP contribution in [0, 0.1) is 0 Å². The fraction of sp³-hybridized carbons (Fsp3) is 1.00. The number of rotatable bonds is 39. The number of unbranched alkanes of at least 4 members (excludes halogenated alkanes) is 37. The molecule has 0 aromatic carbocycles. The van der Waals surface area contributed by atoms with Gasteiger partial charge in [0.1, 0.15) is 0 Å². The molecule has 1 aliphatic rings. The monoisotopic (exact) mass is 605 g/mol. The van der Waals surface area contributed by atoms with Gasteiger partial charge in [-0.05, 0) is 6.42 Å². The van der Waals surface area contributed by atoms with Gasteiger partial charge < -0.3 is 4.74 Å². The van der Waals surface area contributed by atoms with Gasteiger partial charge in [0, 0.05) is 0 Å². The zero-order valence-electron chi connectivity index (χ0n) is 30.3. The summed E-state index contributed by atoms with van der Waals surface area (Å²) in [4.78, 5) is 0. The van der Waals surface area contributed by atoms with E-state index in [1.807, 2.05) is 0 Å². The van der Waals surface area contributed by atoms with E-state index in [4.69, 9.17) is 4.74 Å². The van der Waals surface area contributed by atoms with Gasteiger partial charge >= 0.3 is 0 Å². The fourth-order valence-electron chi connectivity index (χ4n) is 7.04. The molecule has 0 radical (unpaired) electrons. The maximum atomic E-state index is 5.28. The molecule has 0 aromatic rings. The first-order valence-electron chi connectivity index (χ1n) is 21.0. The predicted molar refractivity (Wildman–Crippen MR) is 195 cm³/mol. The highest BCUT2D eigenvalue weighted by Gasteiger charge is 2.20. The lowest BCUT2D eigenvalue weighted by Crippen LogP contribution is -1.86. The van der Waals surface area contributed by atoms with E-state index in [9.17, 15) is 0 Å². The van der Waals surface area contributed by atoms with Crippen LogP contribution in [0.15, 0.2) is 0 Å². The van der Waals surface area contributed by atoms with Crippen LogP contribution in [-0.4, -0.2) is 12.7 Å². The summed E-state index contributed by atoms with van der Waals surface area (Å²) in [6.45, 7) is 3.35. The van der Waals surface area contributed by atoms with Crippen LogP contribution in [0.25, 0.3) is 0 Å². The second-order valence-electron chi connectivity index (χ2n) is 14.8. The summed E-state index contributed by atoms with van der Waals surface area (Å²) in [5, 5.41) is 0. The molecule has 1 aliphatic heterocycles. The van der Waals surface area contributed by atoms with Crippen LogP contribution < -0.4 is 0 Å². The van der Waals surface area contributed by atoms with Gasteiger partial charge in [-0.3, -0.25) is 0 Å². The third-order valence-corrected chi connectivity index (χ3v) is 10.3. The lowest BCUT2D eigenvalue weighted by atomic mass is 10.0. The molecule has 0 saturated carbocycles. The zero-order valence-corrected chi connectivity index (χ0v) is 30.3. The lowest BCUT2D eigenvalue weighted by molar-refractivity contribution is 0.387.